The lowest BCUT2D eigenvalue weighted by Crippen LogP contribution is -1.95. The van der Waals surface area contributed by atoms with E-state index in [1.54, 1.807) is 0 Å². The predicted octanol–water partition coefficient (Wildman–Crippen LogP) is 2.24. The predicted molar refractivity (Wildman–Crippen MR) is 66.5 cm³/mol. The van der Waals surface area contributed by atoms with E-state index < -0.39 is 4.92 Å². The van der Waals surface area contributed by atoms with Crippen molar-refractivity contribution >= 4 is 11.4 Å². The molecule has 2 rings (SSSR count). The Balaban J connectivity index is 2.40. The summed E-state index contributed by atoms with van der Waals surface area (Å²) in [4.78, 5) is 14.1. The summed E-state index contributed by atoms with van der Waals surface area (Å²) in [5.74, 6) is 0.309. The topological polar surface area (TPSA) is 115 Å². The molecule has 0 unspecified atom stereocenters. The van der Waals surface area contributed by atoms with E-state index in [4.69, 9.17) is 15.7 Å². The Morgan fingerprint density at radius 2 is 2.16 bits per heavy atom. The van der Waals surface area contributed by atoms with Gasteiger partial charge in [-0.15, -0.1) is 0 Å². The van der Waals surface area contributed by atoms with Gasteiger partial charge in [-0.25, -0.2) is 0 Å². The van der Waals surface area contributed by atoms with Crippen LogP contribution in [0.2, 0.25) is 0 Å². The van der Waals surface area contributed by atoms with Gasteiger partial charge in [-0.2, -0.15) is 5.26 Å². The Bertz CT molecular complexity index is 679. The summed E-state index contributed by atoms with van der Waals surface area (Å²) >= 11 is 0. The summed E-state index contributed by atoms with van der Waals surface area (Å²) in [7, 11) is 0. The SMILES string of the molecule is N#Cc1ccc(Oc2cncc(N)c2)c([N+](=O)[O-])c1. The Morgan fingerprint density at radius 1 is 1.37 bits per heavy atom. The number of hydrogen-bond donors (Lipinski definition) is 1. The normalized spacial score (nSPS) is 9.63. The monoisotopic (exact) mass is 256 g/mol. The highest BCUT2D eigenvalue weighted by Gasteiger charge is 2.17. The van der Waals surface area contributed by atoms with Crippen molar-refractivity contribution < 1.29 is 9.66 Å². The van der Waals surface area contributed by atoms with Crippen molar-refractivity contribution in [2.45, 2.75) is 0 Å². The molecule has 7 nitrogen and oxygen atoms in total. The second-order valence-corrected chi connectivity index (χ2v) is 3.61. The Morgan fingerprint density at radius 3 is 2.79 bits per heavy atom. The van der Waals surface area contributed by atoms with Gasteiger partial charge in [0.15, 0.2) is 0 Å². The van der Waals surface area contributed by atoms with Crippen LogP contribution in [-0.4, -0.2) is 9.91 Å². The molecule has 2 N–H and O–H groups in total. The summed E-state index contributed by atoms with van der Waals surface area (Å²) in [6, 6.07) is 7.27. The number of nitrogens with two attached hydrogens (primary N) is 1. The van der Waals surface area contributed by atoms with Gasteiger partial charge in [-0.3, -0.25) is 15.1 Å². The maximum absolute atomic E-state index is 10.9. The van der Waals surface area contributed by atoms with Gasteiger partial charge < -0.3 is 10.5 Å². The number of nitrogen functional groups attached to an aromatic ring is 1. The van der Waals surface area contributed by atoms with Crippen LogP contribution >= 0.6 is 0 Å². The van der Waals surface area contributed by atoms with Crippen molar-refractivity contribution in [2.75, 3.05) is 5.73 Å². The van der Waals surface area contributed by atoms with Gasteiger partial charge in [0.05, 0.1) is 34.6 Å². The molecule has 1 aromatic heterocycles. The van der Waals surface area contributed by atoms with Crippen molar-refractivity contribution in [1.82, 2.24) is 4.98 Å². The molecule has 1 aromatic carbocycles. The van der Waals surface area contributed by atoms with E-state index in [-0.39, 0.29) is 22.7 Å². The lowest BCUT2D eigenvalue weighted by Gasteiger charge is -2.06. The summed E-state index contributed by atoms with van der Waals surface area (Å²) in [5, 5.41) is 19.6. The summed E-state index contributed by atoms with van der Waals surface area (Å²) in [6.45, 7) is 0. The van der Waals surface area contributed by atoms with Crippen molar-refractivity contribution in [3.8, 4) is 17.6 Å². The highest BCUT2D eigenvalue weighted by atomic mass is 16.6. The van der Waals surface area contributed by atoms with Crippen molar-refractivity contribution in [3.05, 3.63) is 52.3 Å². The van der Waals surface area contributed by atoms with Crippen molar-refractivity contribution in [3.63, 3.8) is 0 Å². The third-order valence-electron chi connectivity index (χ3n) is 2.25. The van der Waals surface area contributed by atoms with E-state index in [1.165, 1.54) is 30.6 Å². The van der Waals surface area contributed by atoms with Crippen LogP contribution in [0.25, 0.3) is 0 Å². The molecule has 0 fully saturated rings. The number of nitro groups is 1. The van der Waals surface area contributed by atoms with Gasteiger partial charge in [-0.05, 0) is 12.1 Å². The zero-order valence-corrected chi connectivity index (χ0v) is 9.61. The molecule has 1 heterocycles. The molecule has 0 aliphatic carbocycles. The van der Waals surface area contributed by atoms with Crippen LogP contribution in [0.3, 0.4) is 0 Å². The molecular weight excluding hydrogens is 248 g/mol. The van der Waals surface area contributed by atoms with Crippen LogP contribution in [0.1, 0.15) is 5.56 Å². The second kappa shape index (κ2) is 5.01. The van der Waals surface area contributed by atoms with Gasteiger partial charge in [-0.1, -0.05) is 0 Å². The van der Waals surface area contributed by atoms with Crippen molar-refractivity contribution in [2.24, 2.45) is 0 Å². The summed E-state index contributed by atoms with van der Waals surface area (Å²) < 4.78 is 5.36. The average molecular weight is 256 g/mol. The number of nitriles is 1. The quantitative estimate of drug-likeness (QED) is 0.665. The van der Waals surface area contributed by atoms with Gasteiger partial charge in [0.2, 0.25) is 5.75 Å². The number of nitro benzene ring substituents is 1. The highest BCUT2D eigenvalue weighted by molar-refractivity contribution is 5.53. The van der Waals surface area contributed by atoms with Crippen LogP contribution in [-0.2, 0) is 0 Å². The van der Waals surface area contributed by atoms with Crippen LogP contribution in [0.4, 0.5) is 11.4 Å². The molecule has 0 amide bonds. The number of pyridine rings is 1. The first-order valence-corrected chi connectivity index (χ1v) is 5.17. The third-order valence-corrected chi connectivity index (χ3v) is 2.25. The standard InChI is InChI=1S/C12H8N4O3/c13-5-8-1-2-12(11(3-8)16(17)18)19-10-4-9(14)6-15-7-10/h1-4,6-7H,14H2. The maximum Gasteiger partial charge on any atom is 0.312 e. The minimum Gasteiger partial charge on any atom is -0.448 e. The maximum atomic E-state index is 10.9. The van der Waals surface area contributed by atoms with E-state index in [9.17, 15) is 10.1 Å². The molecule has 0 saturated carbocycles. The molecular formula is C12H8N4O3. The number of anilines is 1. The van der Waals surface area contributed by atoms with E-state index in [0.717, 1.165) is 6.07 Å². The van der Waals surface area contributed by atoms with Gasteiger partial charge in [0.25, 0.3) is 0 Å². The molecule has 94 valence electrons. The van der Waals surface area contributed by atoms with Gasteiger partial charge >= 0.3 is 5.69 Å². The van der Waals surface area contributed by atoms with Crippen LogP contribution in [0.15, 0.2) is 36.7 Å². The fraction of sp³-hybridized carbons (Fsp3) is 0. The average Bonchev–Trinajstić information content (AvgIpc) is 2.39. The fourth-order valence-corrected chi connectivity index (χ4v) is 1.43. The van der Waals surface area contributed by atoms with Crippen LogP contribution in [0, 0.1) is 21.4 Å². The van der Waals surface area contributed by atoms with Crippen molar-refractivity contribution in [1.29, 1.82) is 5.26 Å². The number of rotatable bonds is 3. The van der Waals surface area contributed by atoms with Crippen LogP contribution in [0.5, 0.6) is 11.5 Å². The molecule has 0 bridgehead atoms. The largest absolute Gasteiger partial charge is 0.448 e. The lowest BCUT2D eigenvalue weighted by atomic mass is 10.2. The molecule has 0 spiro atoms. The molecule has 0 aliphatic heterocycles. The molecule has 0 saturated heterocycles. The first kappa shape index (κ1) is 12.3. The zero-order chi connectivity index (χ0) is 13.8. The summed E-state index contributed by atoms with van der Waals surface area (Å²) in [5.41, 5.74) is 5.81. The fourth-order valence-electron chi connectivity index (χ4n) is 1.43. The Hall–Kier alpha value is -3.14. The molecule has 0 radical (unpaired) electrons. The zero-order valence-electron chi connectivity index (χ0n) is 9.61. The minimum absolute atomic E-state index is 0.0244. The van der Waals surface area contributed by atoms with E-state index in [0.29, 0.717) is 5.69 Å². The van der Waals surface area contributed by atoms with E-state index >= 15 is 0 Å². The molecule has 0 atom stereocenters. The molecule has 2 aromatic rings. The van der Waals surface area contributed by atoms with E-state index in [1.807, 2.05) is 6.07 Å². The number of benzene rings is 1. The molecule has 19 heavy (non-hydrogen) atoms. The Kier molecular flexibility index (Phi) is 3.25. The van der Waals surface area contributed by atoms with E-state index in [2.05, 4.69) is 4.98 Å². The van der Waals surface area contributed by atoms with Gasteiger partial charge in [0, 0.05) is 12.1 Å². The number of hydrogen-bond acceptors (Lipinski definition) is 6. The lowest BCUT2D eigenvalue weighted by molar-refractivity contribution is -0.385. The third kappa shape index (κ3) is 2.76. The molecule has 0 aliphatic rings. The number of nitrogens with zero attached hydrogens (tertiary/aromatic N) is 3. The first-order valence-electron chi connectivity index (χ1n) is 5.17. The van der Waals surface area contributed by atoms with Crippen LogP contribution < -0.4 is 10.5 Å². The highest BCUT2D eigenvalue weighted by Crippen LogP contribution is 2.32. The number of aromatic nitrogens is 1. The Labute approximate surface area is 108 Å². The second-order valence-electron chi connectivity index (χ2n) is 3.61. The minimum atomic E-state index is -0.615. The number of ether oxygens (including phenoxy) is 1. The summed E-state index contributed by atoms with van der Waals surface area (Å²) in [6.07, 6.45) is 2.82. The van der Waals surface area contributed by atoms with Gasteiger partial charge in [0.1, 0.15) is 5.75 Å². The molecule has 7 heteroatoms. The smallest absolute Gasteiger partial charge is 0.312 e. The first-order chi connectivity index (χ1) is 9.10.